The van der Waals surface area contributed by atoms with Crippen LogP contribution in [-0.2, 0) is 0 Å². The Morgan fingerprint density at radius 2 is 2.00 bits per heavy atom. The van der Waals surface area contributed by atoms with Crippen LogP contribution < -0.4 is 11.1 Å². The molecule has 6 unspecified atom stereocenters. The normalized spacial score (nSPS) is 38.7. The second-order valence-corrected chi connectivity index (χ2v) is 7.98. The van der Waals surface area contributed by atoms with E-state index in [9.17, 15) is 0 Å². The van der Waals surface area contributed by atoms with Crippen molar-refractivity contribution in [3.05, 3.63) is 59.9 Å². The van der Waals surface area contributed by atoms with Crippen molar-refractivity contribution in [2.45, 2.75) is 51.1 Å². The average Bonchev–Trinajstić information content (AvgIpc) is 2.61. The summed E-state index contributed by atoms with van der Waals surface area (Å²) in [4.78, 5) is 0. The third-order valence-electron chi connectivity index (χ3n) is 6.58. The summed E-state index contributed by atoms with van der Waals surface area (Å²) >= 11 is 0. The van der Waals surface area contributed by atoms with Crippen LogP contribution in [0.4, 0.5) is 0 Å². The lowest BCUT2D eigenvalue weighted by molar-refractivity contribution is 0.120. The van der Waals surface area contributed by atoms with E-state index >= 15 is 0 Å². The molecule has 24 heavy (non-hydrogen) atoms. The minimum atomic E-state index is 0.0811. The van der Waals surface area contributed by atoms with Crippen LogP contribution >= 0.6 is 0 Å². The molecule has 4 aliphatic rings. The average molecular weight is 322 g/mol. The van der Waals surface area contributed by atoms with Crippen molar-refractivity contribution < 1.29 is 0 Å². The van der Waals surface area contributed by atoms with E-state index in [1.54, 1.807) is 0 Å². The molecule has 6 atom stereocenters. The molecular weight excluding hydrogens is 292 g/mol. The Bertz CT molecular complexity index is 622. The van der Waals surface area contributed by atoms with Gasteiger partial charge in [0.05, 0.1) is 0 Å². The van der Waals surface area contributed by atoms with Crippen LogP contribution in [-0.4, -0.2) is 12.1 Å². The van der Waals surface area contributed by atoms with Crippen LogP contribution in [0.5, 0.6) is 0 Å². The highest BCUT2D eigenvalue weighted by Crippen LogP contribution is 2.43. The summed E-state index contributed by atoms with van der Waals surface area (Å²) in [5, 5.41) is 3.88. The van der Waals surface area contributed by atoms with Gasteiger partial charge in [0.1, 0.15) is 0 Å². The first-order valence-electron chi connectivity index (χ1n) is 9.68. The number of rotatable bonds is 3. The topological polar surface area (TPSA) is 38.0 Å². The minimum absolute atomic E-state index is 0.0811. The van der Waals surface area contributed by atoms with Gasteiger partial charge in [-0.25, -0.2) is 0 Å². The number of nitrogens with one attached hydrogen (secondary N) is 1. The lowest BCUT2D eigenvalue weighted by Gasteiger charge is -2.43. The van der Waals surface area contributed by atoms with E-state index in [-0.39, 0.29) is 6.04 Å². The number of nitrogens with two attached hydrogens (primary N) is 1. The second kappa shape index (κ2) is 6.76. The highest BCUT2D eigenvalue weighted by Gasteiger charge is 2.37. The Hall–Kier alpha value is -1.54. The predicted octanol–water partition coefficient (Wildman–Crippen LogP) is 4.24. The molecule has 1 saturated carbocycles. The molecule has 0 aromatic heterocycles. The number of fused-ring (bicyclic) bond motifs is 2. The van der Waals surface area contributed by atoms with E-state index < -0.39 is 0 Å². The number of allylic oxidation sites excluding steroid dienone is 7. The summed E-state index contributed by atoms with van der Waals surface area (Å²) in [7, 11) is 0. The molecule has 3 N–H and O–H groups in total. The van der Waals surface area contributed by atoms with E-state index in [4.69, 9.17) is 5.73 Å². The molecule has 0 spiro atoms. The van der Waals surface area contributed by atoms with Gasteiger partial charge in [0.15, 0.2) is 0 Å². The largest absolute Gasteiger partial charge is 0.385 e. The molecule has 0 saturated heterocycles. The molecule has 2 nitrogen and oxygen atoms in total. The fraction of sp³-hybridized carbons (Fsp3) is 0.545. The van der Waals surface area contributed by atoms with Crippen LogP contribution in [0, 0.1) is 23.7 Å². The summed E-state index contributed by atoms with van der Waals surface area (Å²) in [6, 6.07) is 0.596. The van der Waals surface area contributed by atoms with Gasteiger partial charge < -0.3 is 11.1 Å². The number of hydrogen-bond donors (Lipinski definition) is 2. The maximum Gasteiger partial charge on any atom is 0.0424 e. The molecule has 0 amide bonds. The van der Waals surface area contributed by atoms with Gasteiger partial charge >= 0.3 is 0 Å². The second-order valence-electron chi connectivity index (χ2n) is 7.98. The maximum atomic E-state index is 6.39. The Morgan fingerprint density at radius 1 is 1.12 bits per heavy atom. The quantitative estimate of drug-likeness (QED) is 0.763. The van der Waals surface area contributed by atoms with Gasteiger partial charge in [0.25, 0.3) is 0 Å². The highest BCUT2D eigenvalue weighted by molar-refractivity contribution is 5.44. The molecule has 0 bridgehead atoms. The molecule has 0 aromatic rings. The van der Waals surface area contributed by atoms with Crippen LogP contribution in [0.2, 0.25) is 0 Å². The minimum Gasteiger partial charge on any atom is -0.385 e. The zero-order chi connectivity index (χ0) is 16.5. The molecular formula is C22H30N2. The lowest BCUT2D eigenvalue weighted by atomic mass is 9.65. The van der Waals surface area contributed by atoms with Crippen LogP contribution in [0.15, 0.2) is 59.9 Å². The molecule has 2 heteroatoms. The monoisotopic (exact) mass is 322 g/mol. The van der Waals surface area contributed by atoms with Crippen molar-refractivity contribution in [3.8, 4) is 0 Å². The zero-order valence-electron chi connectivity index (χ0n) is 14.7. The van der Waals surface area contributed by atoms with Crippen LogP contribution in [0.25, 0.3) is 0 Å². The third kappa shape index (κ3) is 2.93. The van der Waals surface area contributed by atoms with Gasteiger partial charge in [-0.05, 0) is 62.0 Å². The summed E-state index contributed by atoms with van der Waals surface area (Å²) in [6.45, 7) is 2.39. The Labute approximate surface area is 146 Å². The van der Waals surface area contributed by atoms with Crippen LogP contribution in [0.3, 0.4) is 0 Å². The lowest BCUT2D eigenvalue weighted by Crippen LogP contribution is -2.45. The van der Waals surface area contributed by atoms with Gasteiger partial charge in [0, 0.05) is 23.7 Å². The van der Waals surface area contributed by atoms with Crippen molar-refractivity contribution in [3.63, 3.8) is 0 Å². The van der Waals surface area contributed by atoms with Crippen molar-refractivity contribution in [2.24, 2.45) is 29.4 Å². The molecule has 0 aliphatic heterocycles. The van der Waals surface area contributed by atoms with Gasteiger partial charge in [-0.2, -0.15) is 0 Å². The summed E-state index contributed by atoms with van der Waals surface area (Å²) in [5.41, 5.74) is 9.03. The maximum absolute atomic E-state index is 6.39. The van der Waals surface area contributed by atoms with Crippen LogP contribution in [0.1, 0.15) is 39.0 Å². The first-order chi connectivity index (χ1) is 11.7. The fourth-order valence-corrected chi connectivity index (χ4v) is 5.35. The van der Waals surface area contributed by atoms with E-state index in [1.807, 2.05) is 0 Å². The molecule has 128 valence electrons. The van der Waals surface area contributed by atoms with Crippen molar-refractivity contribution >= 4 is 0 Å². The Morgan fingerprint density at radius 3 is 2.92 bits per heavy atom. The summed E-state index contributed by atoms with van der Waals surface area (Å²) in [6.07, 6.45) is 24.6. The van der Waals surface area contributed by atoms with E-state index in [0.717, 1.165) is 17.8 Å². The smallest absolute Gasteiger partial charge is 0.0424 e. The standard InChI is InChI=1S/C22H30N2/c1-15(18-12-4-8-16-7-2-3-11-19(16)18)24-21-14-6-10-17-9-5-13-20(23)22(17)21/h2-3,5-6,9-10,13-16,18-20,22,24H,4,7-8,11-12,23H2,1H3. The zero-order valence-corrected chi connectivity index (χ0v) is 14.7. The molecule has 4 rings (SSSR count). The van der Waals surface area contributed by atoms with Crippen molar-refractivity contribution in [1.29, 1.82) is 0 Å². The predicted molar refractivity (Wildman–Crippen MR) is 101 cm³/mol. The number of hydrogen-bond acceptors (Lipinski definition) is 2. The summed E-state index contributed by atoms with van der Waals surface area (Å²) in [5.74, 6) is 2.85. The van der Waals surface area contributed by atoms with Gasteiger partial charge in [-0.1, -0.05) is 49.0 Å². The molecule has 0 heterocycles. The van der Waals surface area contributed by atoms with Gasteiger partial charge in [-0.3, -0.25) is 0 Å². The molecule has 0 aromatic carbocycles. The SMILES string of the molecule is CC(NC1=CC=CC2=CC=CC(N)C21)C1CCCC2CC=CCC21. The van der Waals surface area contributed by atoms with Crippen molar-refractivity contribution in [1.82, 2.24) is 5.32 Å². The molecule has 0 radical (unpaired) electrons. The van der Waals surface area contributed by atoms with E-state index in [2.05, 4.69) is 60.8 Å². The first kappa shape index (κ1) is 16.0. The first-order valence-corrected chi connectivity index (χ1v) is 9.68. The van der Waals surface area contributed by atoms with E-state index in [1.165, 1.54) is 43.4 Å². The van der Waals surface area contributed by atoms with Crippen molar-refractivity contribution in [2.75, 3.05) is 0 Å². The molecule has 4 aliphatic carbocycles. The summed E-state index contributed by atoms with van der Waals surface area (Å²) < 4.78 is 0. The van der Waals surface area contributed by atoms with E-state index in [0.29, 0.717) is 12.0 Å². The third-order valence-corrected chi connectivity index (χ3v) is 6.58. The Balaban J connectivity index is 1.49. The van der Waals surface area contributed by atoms with Gasteiger partial charge in [-0.15, -0.1) is 0 Å². The fourth-order valence-electron chi connectivity index (χ4n) is 5.35. The molecule has 1 fully saturated rings. The highest BCUT2D eigenvalue weighted by atomic mass is 14.9. The van der Waals surface area contributed by atoms with Gasteiger partial charge in [0.2, 0.25) is 0 Å². The Kier molecular flexibility index (Phi) is 4.49.